The first-order valence-electron chi connectivity index (χ1n) is 6.90. The van der Waals surface area contributed by atoms with E-state index in [4.69, 9.17) is 0 Å². The Balaban J connectivity index is 2.14. The van der Waals surface area contributed by atoms with Crippen LogP contribution in [0.4, 0.5) is 20.0 Å². The lowest BCUT2D eigenvalue weighted by molar-refractivity contribution is 0.656. The van der Waals surface area contributed by atoms with E-state index in [1.807, 2.05) is 18.2 Å². The van der Waals surface area contributed by atoms with Gasteiger partial charge in [-0.15, -0.1) is 0 Å². The molecule has 0 fully saturated rings. The molecule has 2 aromatic carbocycles. The van der Waals surface area contributed by atoms with Crippen LogP contribution in [0.1, 0.15) is 0 Å². The number of anilines is 2. The molecule has 3 rings (SSSR count). The van der Waals surface area contributed by atoms with Crippen molar-refractivity contribution in [3.05, 3.63) is 79.0 Å². The second kappa shape index (κ2) is 6.39. The van der Waals surface area contributed by atoms with Crippen molar-refractivity contribution in [3.63, 3.8) is 0 Å². The molecule has 0 N–H and O–H groups in total. The Hall–Kier alpha value is -2.69. The van der Waals surface area contributed by atoms with Crippen LogP contribution in [0.15, 0.2) is 79.0 Å². The van der Waals surface area contributed by atoms with Crippen molar-refractivity contribution in [3.8, 4) is 11.3 Å². The smallest absolute Gasteiger partial charge is 0.325 e. The topological polar surface area (TPSA) is 16.1 Å². The standard InChI is InChI=1S/C17H13BF2N2/c19-18(20)22(14-8-2-1-3-9-14)17-12-5-4-10-15(17)16-11-6-7-13-21-16/h1-13H. The first kappa shape index (κ1) is 14.3. The van der Waals surface area contributed by atoms with Gasteiger partial charge in [0.05, 0.1) is 5.69 Å². The molecule has 3 aromatic rings. The minimum atomic E-state index is -2.65. The summed E-state index contributed by atoms with van der Waals surface area (Å²) in [5.41, 5.74) is 2.22. The average Bonchev–Trinajstić information content (AvgIpc) is 2.57. The number of nitrogens with zero attached hydrogens (tertiary/aromatic N) is 2. The van der Waals surface area contributed by atoms with Crippen molar-refractivity contribution in [2.24, 2.45) is 0 Å². The zero-order chi connectivity index (χ0) is 15.4. The van der Waals surface area contributed by atoms with E-state index in [1.54, 1.807) is 60.8 Å². The molecular weight excluding hydrogens is 281 g/mol. The number of halogens is 2. The molecule has 22 heavy (non-hydrogen) atoms. The largest absolute Gasteiger partial charge is 0.678 e. The second-order valence-corrected chi connectivity index (χ2v) is 4.72. The third-order valence-electron chi connectivity index (χ3n) is 3.33. The molecule has 1 heterocycles. The number of aromatic nitrogens is 1. The Morgan fingerprint density at radius 1 is 0.773 bits per heavy atom. The maximum absolute atomic E-state index is 13.7. The number of hydrogen-bond acceptors (Lipinski definition) is 2. The van der Waals surface area contributed by atoms with E-state index < -0.39 is 7.40 Å². The lowest BCUT2D eigenvalue weighted by atomic mass is 10.0. The summed E-state index contributed by atoms with van der Waals surface area (Å²) in [5.74, 6) is 0. The molecule has 5 heteroatoms. The van der Waals surface area contributed by atoms with Crippen molar-refractivity contribution in [1.82, 2.24) is 4.98 Å². The highest BCUT2D eigenvalue weighted by molar-refractivity contribution is 6.51. The first-order chi connectivity index (χ1) is 10.8. The molecule has 0 saturated heterocycles. The van der Waals surface area contributed by atoms with E-state index >= 15 is 0 Å². The Morgan fingerprint density at radius 2 is 1.45 bits per heavy atom. The van der Waals surface area contributed by atoms with Gasteiger partial charge in [0.15, 0.2) is 0 Å². The second-order valence-electron chi connectivity index (χ2n) is 4.72. The summed E-state index contributed by atoms with van der Waals surface area (Å²) in [6.45, 7) is 0. The van der Waals surface area contributed by atoms with Crippen LogP contribution >= 0.6 is 0 Å². The lowest BCUT2D eigenvalue weighted by Crippen LogP contribution is -2.28. The van der Waals surface area contributed by atoms with Crippen LogP contribution < -0.4 is 4.81 Å². The highest BCUT2D eigenvalue weighted by Gasteiger charge is 2.29. The van der Waals surface area contributed by atoms with Crippen molar-refractivity contribution >= 4 is 18.8 Å². The van der Waals surface area contributed by atoms with Gasteiger partial charge in [0.2, 0.25) is 0 Å². The Bertz CT molecular complexity index is 736. The van der Waals surface area contributed by atoms with Crippen LogP contribution in [0.25, 0.3) is 11.3 Å². The van der Waals surface area contributed by atoms with E-state index in [-0.39, 0.29) is 0 Å². The molecule has 0 unspecified atom stereocenters. The van der Waals surface area contributed by atoms with E-state index in [1.165, 1.54) is 0 Å². The van der Waals surface area contributed by atoms with Crippen LogP contribution in [0, 0.1) is 0 Å². The van der Waals surface area contributed by atoms with Crippen LogP contribution in [-0.4, -0.2) is 12.4 Å². The maximum atomic E-state index is 13.7. The van der Waals surface area contributed by atoms with Gasteiger partial charge in [0.25, 0.3) is 0 Å². The average molecular weight is 294 g/mol. The molecule has 0 saturated carbocycles. The summed E-state index contributed by atoms with van der Waals surface area (Å²) in [4.78, 5) is 5.29. The fraction of sp³-hybridized carbons (Fsp3) is 0. The van der Waals surface area contributed by atoms with Gasteiger partial charge in [-0.1, -0.05) is 42.5 Å². The molecular formula is C17H13BF2N2. The van der Waals surface area contributed by atoms with Crippen LogP contribution in [0.3, 0.4) is 0 Å². The number of rotatable bonds is 4. The summed E-state index contributed by atoms with van der Waals surface area (Å²) in [7, 11) is -2.65. The third-order valence-corrected chi connectivity index (χ3v) is 3.33. The summed E-state index contributed by atoms with van der Waals surface area (Å²) in [6, 6.07) is 21.1. The first-order valence-corrected chi connectivity index (χ1v) is 6.90. The van der Waals surface area contributed by atoms with Gasteiger partial charge in [0, 0.05) is 23.1 Å². The van der Waals surface area contributed by atoms with E-state index in [0.717, 1.165) is 4.81 Å². The lowest BCUT2D eigenvalue weighted by Gasteiger charge is -2.24. The van der Waals surface area contributed by atoms with Crippen LogP contribution in [0.2, 0.25) is 0 Å². The molecule has 0 aliphatic rings. The minimum Gasteiger partial charge on any atom is -0.325 e. The molecule has 0 aliphatic heterocycles. The molecule has 1 aromatic heterocycles. The molecule has 0 radical (unpaired) electrons. The summed E-state index contributed by atoms with van der Waals surface area (Å²) >= 11 is 0. The molecule has 108 valence electrons. The van der Waals surface area contributed by atoms with Gasteiger partial charge in [-0.25, -0.2) is 0 Å². The molecule has 0 spiro atoms. The highest BCUT2D eigenvalue weighted by Crippen LogP contribution is 2.35. The van der Waals surface area contributed by atoms with E-state index in [9.17, 15) is 8.63 Å². The third kappa shape index (κ3) is 2.84. The fourth-order valence-corrected chi connectivity index (χ4v) is 2.37. The zero-order valence-electron chi connectivity index (χ0n) is 11.7. The molecule has 0 bridgehead atoms. The number of pyridine rings is 1. The Kier molecular flexibility index (Phi) is 4.14. The van der Waals surface area contributed by atoms with Gasteiger partial charge in [0.1, 0.15) is 0 Å². The predicted molar refractivity (Wildman–Crippen MR) is 86.2 cm³/mol. The van der Waals surface area contributed by atoms with Gasteiger partial charge < -0.3 is 4.81 Å². The molecule has 2 nitrogen and oxygen atoms in total. The van der Waals surface area contributed by atoms with Crippen LogP contribution in [-0.2, 0) is 0 Å². The number of benzene rings is 2. The quantitative estimate of drug-likeness (QED) is 0.642. The van der Waals surface area contributed by atoms with Gasteiger partial charge in [-0.2, -0.15) is 0 Å². The van der Waals surface area contributed by atoms with Gasteiger partial charge >= 0.3 is 7.40 Å². The van der Waals surface area contributed by atoms with E-state index in [2.05, 4.69) is 4.98 Å². The monoisotopic (exact) mass is 294 g/mol. The highest BCUT2D eigenvalue weighted by atomic mass is 19.2. The number of para-hydroxylation sites is 2. The summed E-state index contributed by atoms with van der Waals surface area (Å²) < 4.78 is 27.3. The number of hydrogen-bond donors (Lipinski definition) is 0. The van der Waals surface area contributed by atoms with Crippen molar-refractivity contribution in [2.45, 2.75) is 0 Å². The molecule has 0 amide bonds. The van der Waals surface area contributed by atoms with Crippen molar-refractivity contribution < 1.29 is 8.63 Å². The van der Waals surface area contributed by atoms with E-state index in [0.29, 0.717) is 22.6 Å². The normalized spacial score (nSPS) is 10.3. The molecule has 0 aliphatic carbocycles. The maximum Gasteiger partial charge on any atom is 0.678 e. The predicted octanol–water partition coefficient (Wildman–Crippen LogP) is 4.81. The molecule has 0 atom stereocenters. The van der Waals surface area contributed by atoms with Gasteiger partial charge in [-0.3, -0.25) is 13.6 Å². The SMILES string of the molecule is FB(F)N(c1ccccc1)c1ccccc1-c1ccccn1. The van der Waals surface area contributed by atoms with Crippen molar-refractivity contribution in [2.75, 3.05) is 4.81 Å². The summed E-state index contributed by atoms with van der Waals surface area (Å²) in [6.07, 6.45) is 1.65. The van der Waals surface area contributed by atoms with Crippen molar-refractivity contribution in [1.29, 1.82) is 0 Å². The minimum absolute atomic E-state index is 0.433. The zero-order valence-corrected chi connectivity index (χ0v) is 11.7. The Labute approximate surface area is 128 Å². The summed E-state index contributed by atoms with van der Waals surface area (Å²) in [5, 5.41) is 0. The fourth-order valence-electron chi connectivity index (χ4n) is 2.37. The Morgan fingerprint density at radius 3 is 2.14 bits per heavy atom. The van der Waals surface area contributed by atoms with Crippen LogP contribution in [0.5, 0.6) is 0 Å². The van der Waals surface area contributed by atoms with Gasteiger partial charge in [-0.05, 0) is 30.3 Å².